The third-order valence-electron chi connectivity index (χ3n) is 3.75. The van der Waals surface area contributed by atoms with Crippen LogP contribution < -0.4 is 11.2 Å². The number of alkyl halides is 1. The zero-order valence-electron chi connectivity index (χ0n) is 15.5. The van der Waals surface area contributed by atoms with Crippen LogP contribution in [0.3, 0.4) is 0 Å². The molecule has 1 aromatic heterocycles. The van der Waals surface area contributed by atoms with Crippen molar-refractivity contribution in [3.63, 3.8) is 0 Å². The average Bonchev–Trinajstić information content (AvgIpc) is 2.84. The smallest absolute Gasteiger partial charge is 0.387 e. The molecule has 17 nitrogen and oxygen atoms in total. The van der Waals surface area contributed by atoms with E-state index < -0.39 is 64.1 Å². The second kappa shape index (κ2) is 9.21. The van der Waals surface area contributed by atoms with Gasteiger partial charge in [-0.1, -0.05) is 17.5 Å². The predicted molar refractivity (Wildman–Crippen MR) is 101 cm³/mol. The molecule has 180 valence electrons. The number of nitrogens with one attached hydrogen (secondary N) is 1. The summed E-state index contributed by atoms with van der Waals surface area (Å²) in [6, 6.07) is 0. The molecule has 1 saturated heterocycles. The van der Waals surface area contributed by atoms with Gasteiger partial charge < -0.3 is 29.4 Å². The summed E-state index contributed by atoms with van der Waals surface area (Å²) in [6.07, 6.45) is -1.05. The molecular formula is C11H15ClN3O14P3. The molecule has 0 aromatic carbocycles. The third kappa shape index (κ3) is 6.22. The van der Waals surface area contributed by atoms with Gasteiger partial charge in [-0.3, -0.25) is 14.3 Å². The molecule has 0 radical (unpaired) electrons. The fourth-order valence-electron chi connectivity index (χ4n) is 2.57. The third-order valence-corrected chi connectivity index (χ3v) is 8.19. The summed E-state index contributed by atoms with van der Waals surface area (Å²) in [7, 11) is -17.0. The Morgan fingerprint density at radius 1 is 1.28 bits per heavy atom. The van der Waals surface area contributed by atoms with Gasteiger partial charge in [0.05, 0.1) is 6.10 Å². The fourth-order valence-corrected chi connectivity index (χ4v) is 6.03. The molecule has 1 aromatic rings. The van der Waals surface area contributed by atoms with E-state index in [4.69, 9.17) is 32.5 Å². The number of halogens is 1. The highest BCUT2D eigenvalue weighted by molar-refractivity contribution is 7.66. The van der Waals surface area contributed by atoms with E-state index >= 15 is 0 Å². The molecule has 0 amide bonds. The standard InChI is InChI=1S/C11H15ClN3O14P3/c1-3-11(12)8(17)7(26-9(11)15-10(18)14-6(16)4-13-15)5(2)27-31(22,23)29-32(24,25)28-30(19,20)21/h1,4-5,7-9,17H,2H3,(H,22,23)(H,24,25)(H,14,16,18)(H2,19,20,21)/t5-,7+,8-,9+,11?/m0/s1. The van der Waals surface area contributed by atoms with Crippen LogP contribution in [0.25, 0.3) is 0 Å². The van der Waals surface area contributed by atoms with E-state index in [9.17, 15) is 38.2 Å². The van der Waals surface area contributed by atoms with E-state index in [0.717, 1.165) is 6.92 Å². The number of nitrogens with zero attached hydrogens (tertiary/aromatic N) is 2. The number of H-pyrrole nitrogens is 1. The number of rotatable bonds is 8. The first-order valence-corrected chi connectivity index (χ1v) is 12.8. The normalized spacial score (nSPS) is 30.8. The van der Waals surface area contributed by atoms with E-state index in [0.29, 0.717) is 10.9 Å². The van der Waals surface area contributed by atoms with E-state index in [1.54, 1.807) is 0 Å². The lowest BCUT2D eigenvalue weighted by atomic mass is 9.97. The Kier molecular flexibility index (Phi) is 7.78. The molecule has 1 fully saturated rings. The second-order valence-electron chi connectivity index (χ2n) is 6.10. The lowest BCUT2D eigenvalue weighted by Crippen LogP contribution is -2.46. The van der Waals surface area contributed by atoms with Crippen molar-refractivity contribution < 1.29 is 56.3 Å². The van der Waals surface area contributed by atoms with Gasteiger partial charge in [-0.2, -0.15) is 18.4 Å². The van der Waals surface area contributed by atoms with E-state index in [1.165, 1.54) is 0 Å². The average molecular weight is 542 g/mol. The van der Waals surface area contributed by atoms with Gasteiger partial charge in [0.15, 0.2) is 11.1 Å². The number of aromatic nitrogens is 3. The van der Waals surface area contributed by atoms with Crippen LogP contribution in [0.1, 0.15) is 13.2 Å². The lowest BCUT2D eigenvalue weighted by molar-refractivity contribution is -0.0786. The molecule has 0 aliphatic carbocycles. The summed E-state index contributed by atoms with van der Waals surface area (Å²) in [5.41, 5.74) is -2.00. The van der Waals surface area contributed by atoms with Crippen molar-refractivity contribution in [3.05, 3.63) is 27.0 Å². The van der Waals surface area contributed by atoms with Crippen molar-refractivity contribution in [1.82, 2.24) is 14.8 Å². The summed E-state index contributed by atoms with van der Waals surface area (Å²) in [5, 5.41) is 14.0. The Morgan fingerprint density at radius 2 is 1.88 bits per heavy atom. The number of terminal acetylenes is 1. The number of phosphoric acid groups is 3. The molecule has 0 bridgehead atoms. The molecule has 1 aliphatic rings. The van der Waals surface area contributed by atoms with Crippen LogP contribution in [0.4, 0.5) is 0 Å². The molecule has 21 heteroatoms. The Hall–Kier alpha value is -1.21. The van der Waals surface area contributed by atoms with Crippen molar-refractivity contribution in [1.29, 1.82) is 0 Å². The van der Waals surface area contributed by atoms with Crippen molar-refractivity contribution >= 4 is 35.1 Å². The highest BCUT2D eigenvalue weighted by Gasteiger charge is 2.59. The molecule has 2 heterocycles. The summed E-state index contributed by atoms with van der Waals surface area (Å²) >= 11 is 6.19. The quantitative estimate of drug-likeness (QED) is 0.125. The topological polar surface area (TPSA) is 257 Å². The molecule has 0 spiro atoms. The largest absolute Gasteiger partial charge is 0.490 e. The Labute approximate surface area is 182 Å². The van der Waals surface area contributed by atoms with Gasteiger partial charge in [0, 0.05) is 0 Å². The van der Waals surface area contributed by atoms with Gasteiger partial charge >= 0.3 is 29.2 Å². The summed E-state index contributed by atoms with van der Waals surface area (Å²) in [4.78, 5) is 58.7. The van der Waals surface area contributed by atoms with Crippen LogP contribution in [-0.4, -0.2) is 62.6 Å². The van der Waals surface area contributed by atoms with Crippen LogP contribution in [0.5, 0.6) is 0 Å². The molecule has 1 aliphatic heterocycles. The van der Waals surface area contributed by atoms with Gasteiger partial charge in [-0.25, -0.2) is 18.5 Å². The molecule has 7 atom stereocenters. The zero-order chi connectivity index (χ0) is 24.7. The van der Waals surface area contributed by atoms with Crippen molar-refractivity contribution in [2.45, 2.75) is 36.3 Å². The molecular weight excluding hydrogens is 527 g/mol. The van der Waals surface area contributed by atoms with Crippen LogP contribution in [0, 0.1) is 12.3 Å². The molecule has 3 unspecified atom stereocenters. The van der Waals surface area contributed by atoms with Gasteiger partial charge in [-0.05, 0) is 6.92 Å². The van der Waals surface area contributed by atoms with E-state index in [2.05, 4.69) is 18.2 Å². The molecule has 6 N–H and O–H groups in total. The monoisotopic (exact) mass is 541 g/mol. The first-order chi connectivity index (χ1) is 14.4. The zero-order valence-corrected chi connectivity index (χ0v) is 18.9. The maximum atomic E-state index is 12.0. The van der Waals surface area contributed by atoms with Crippen molar-refractivity contribution in [2.75, 3.05) is 0 Å². The van der Waals surface area contributed by atoms with Crippen LogP contribution in [-0.2, 0) is 31.6 Å². The van der Waals surface area contributed by atoms with Gasteiger partial charge in [-0.15, -0.1) is 6.42 Å². The highest BCUT2D eigenvalue weighted by atomic mass is 35.5. The second-order valence-corrected chi connectivity index (χ2v) is 11.1. The predicted octanol–water partition coefficient (Wildman–Crippen LogP) is -1.47. The van der Waals surface area contributed by atoms with Crippen molar-refractivity contribution in [3.8, 4) is 12.3 Å². The summed E-state index contributed by atoms with van der Waals surface area (Å²) in [6.45, 7) is 0.992. The van der Waals surface area contributed by atoms with E-state index in [1.807, 2.05) is 10.9 Å². The molecule has 0 saturated carbocycles. The first kappa shape index (κ1) is 27.0. The number of ether oxygens (including phenoxy) is 1. The van der Waals surface area contributed by atoms with Crippen molar-refractivity contribution in [2.24, 2.45) is 0 Å². The number of phosphoric ester groups is 1. The first-order valence-electron chi connectivity index (χ1n) is 7.91. The Bertz CT molecular complexity index is 1170. The Morgan fingerprint density at radius 3 is 2.38 bits per heavy atom. The number of aliphatic hydroxyl groups excluding tert-OH is 1. The minimum absolute atomic E-state index is 0.481. The van der Waals surface area contributed by atoms with Crippen LogP contribution in [0.2, 0.25) is 0 Å². The summed E-state index contributed by atoms with van der Waals surface area (Å²) < 4.78 is 51.6. The fraction of sp³-hybridized carbons (Fsp3) is 0.545. The summed E-state index contributed by atoms with van der Waals surface area (Å²) in [5.74, 6) is 1.98. The minimum Gasteiger partial charge on any atom is -0.387 e. The number of hydrogen-bond acceptors (Lipinski definition) is 11. The van der Waals surface area contributed by atoms with Crippen LogP contribution >= 0.6 is 35.1 Å². The maximum Gasteiger partial charge on any atom is 0.490 e. The lowest BCUT2D eigenvalue weighted by Gasteiger charge is -2.26. The number of hydrogen-bond donors (Lipinski definition) is 6. The molecule has 2 rings (SSSR count). The maximum absolute atomic E-state index is 12.0. The van der Waals surface area contributed by atoms with Crippen LogP contribution in [0.15, 0.2) is 15.8 Å². The van der Waals surface area contributed by atoms with E-state index in [-0.39, 0.29) is 0 Å². The highest BCUT2D eigenvalue weighted by Crippen LogP contribution is 2.66. The van der Waals surface area contributed by atoms with Gasteiger partial charge in [0.25, 0.3) is 5.56 Å². The number of aromatic amines is 1. The van der Waals surface area contributed by atoms with Gasteiger partial charge in [0.1, 0.15) is 18.4 Å². The Balaban J connectivity index is 2.28. The SMILES string of the molecule is C#CC1(Cl)[C@@H](O)[C@@H]([C@H](C)OP(=O)(O)OP(=O)(O)OP(=O)(O)O)O[C@H]1n1ncc(=O)[nH]c1=O. The minimum atomic E-state index is -5.79. The number of aliphatic hydroxyl groups is 1. The van der Waals surface area contributed by atoms with Gasteiger partial charge in [0.2, 0.25) is 0 Å². The molecule has 32 heavy (non-hydrogen) atoms.